The lowest BCUT2D eigenvalue weighted by Gasteiger charge is -2.23. The van der Waals surface area contributed by atoms with Gasteiger partial charge in [-0.15, -0.1) is 4.80 Å². The fraction of sp³-hybridized carbons (Fsp3) is 0.385. The number of halogens is 1. The number of hydrogen-bond acceptors (Lipinski definition) is 9. The molecule has 0 bridgehead atoms. The number of aromatic nitrogens is 5. The quantitative estimate of drug-likeness (QED) is 0.281. The first-order valence-corrected chi connectivity index (χ1v) is 13.3. The van der Waals surface area contributed by atoms with Crippen LogP contribution in [0.5, 0.6) is 5.75 Å². The zero-order valence-corrected chi connectivity index (χ0v) is 22.9. The molecule has 2 atom stereocenters. The van der Waals surface area contributed by atoms with Gasteiger partial charge in [-0.05, 0) is 31.5 Å². The van der Waals surface area contributed by atoms with Gasteiger partial charge in [0.25, 0.3) is 5.56 Å². The smallest absolute Gasteiger partial charge is 0.332 e. The first-order valence-electron chi connectivity index (χ1n) is 12.5. The van der Waals surface area contributed by atoms with Crippen molar-refractivity contribution >= 4 is 27.5 Å². The highest BCUT2D eigenvalue weighted by atomic mass is 32.1. The summed E-state index contributed by atoms with van der Waals surface area (Å²) in [5.74, 6) is -0.538. The SMILES string of the molecule is COc1ccc(F)cc1[C@H](Cn1c(=O)n([C@H]2CCN(C)C2=O)c(=O)c2c(C)c(-n3nccn3)sc21)OCCC#N. The molecule has 0 spiro atoms. The van der Waals surface area contributed by atoms with E-state index in [1.165, 1.54) is 52.0 Å². The highest BCUT2D eigenvalue weighted by Gasteiger charge is 2.35. The lowest BCUT2D eigenvalue weighted by Crippen LogP contribution is -2.44. The van der Waals surface area contributed by atoms with Crippen molar-refractivity contribution in [1.29, 1.82) is 5.26 Å². The number of carbonyl (C=O) groups is 1. The highest BCUT2D eigenvalue weighted by molar-refractivity contribution is 7.21. The number of nitriles is 1. The molecule has 3 aromatic heterocycles. The minimum absolute atomic E-state index is 0.0101. The first kappa shape index (κ1) is 27.2. The molecule has 1 aromatic carbocycles. The number of amides is 1. The maximum Gasteiger partial charge on any atom is 0.332 e. The van der Waals surface area contributed by atoms with E-state index in [0.717, 1.165) is 15.9 Å². The summed E-state index contributed by atoms with van der Waals surface area (Å²) in [7, 11) is 3.05. The number of carbonyl (C=O) groups excluding carboxylic acids is 1. The zero-order chi connectivity index (χ0) is 28.6. The van der Waals surface area contributed by atoms with Gasteiger partial charge in [-0.3, -0.25) is 14.2 Å². The highest BCUT2D eigenvalue weighted by Crippen LogP contribution is 2.34. The Morgan fingerprint density at radius 1 is 1.25 bits per heavy atom. The molecule has 4 aromatic rings. The number of likely N-dealkylation sites (tertiary alicyclic amines) is 1. The van der Waals surface area contributed by atoms with Crippen LogP contribution in [0.2, 0.25) is 0 Å². The Bertz CT molecular complexity index is 1740. The Balaban J connectivity index is 1.76. The second kappa shape index (κ2) is 11.0. The van der Waals surface area contributed by atoms with E-state index in [9.17, 15) is 18.8 Å². The van der Waals surface area contributed by atoms with Crippen molar-refractivity contribution in [3.8, 4) is 16.8 Å². The molecule has 1 aliphatic rings. The molecule has 208 valence electrons. The Hall–Kier alpha value is -4.35. The second-order valence-corrected chi connectivity index (χ2v) is 10.3. The van der Waals surface area contributed by atoms with Crippen LogP contribution in [0.4, 0.5) is 4.39 Å². The Kier molecular flexibility index (Phi) is 7.51. The molecule has 0 radical (unpaired) electrons. The van der Waals surface area contributed by atoms with Crippen LogP contribution < -0.4 is 16.0 Å². The van der Waals surface area contributed by atoms with Crippen LogP contribution in [-0.2, 0) is 16.1 Å². The number of rotatable bonds is 9. The molecule has 4 heterocycles. The van der Waals surface area contributed by atoms with Gasteiger partial charge in [-0.1, -0.05) is 11.3 Å². The largest absolute Gasteiger partial charge is 0.496 e. The van der Waals surface area contributed by atoms with E-state index in [4.69, 9.17) is 14.7 Å². The van der Waals surface area contributed by atoms with Crippen LogP contribution in [0, 0.1) is 24.1 Å². The summed E-state index contributed by atoms with van der Waals surface area (Å²) in [5, 5.41) is 18.2. The Morgan fingerprint density at radius 3 is 2.65 bits per heavy atom. The van der Waals surface area contributed by atoms with E-state index in [1.54, 1.807) is 14.0 Å². The van der Waals surface area contributed by atoms with Crippen LogP contribution in [-0.4, -0.2) is 62.2 Å². The number of likely N-dealkylation sites (N-methyl/N-ethyl adjacent to an activating group) is 1. The summed E-state index contributed by atoms with van der Waals surface area (Å²) in [6.07, 6.45) is 2.43. The van der Waals surface area contributed by atoms with Gasteiger partial charge in [0.05, 0.1) is 50.5 Å². The lowest BCUT2D eigenvalue weighted by atomic mass is 10.1. The van der Waals surface area contributed by atoms with E-state index in [2.05, 4.69) is 10.2 Å². The molecule has 1 amide bonds. The second-order valence-electron chi connectivity index (χ2n) is 9.32. The molecular weight excluding hydrogens is 541 g/mol. The van der Waals surface area contributed by atoms with Crippen molar-refractivity contribution in [1.82, 2.24) is 29.0 Å². The molecule has 0 saturated carbocycles. The molecule has 5 rings (SSSR count). The van der Waals surface area contributed by atoms with Crippen molar-refractivity contribution < 1.29 is 18.7 Å². The van der Waals surface area contributed by atoms with Gasteiger partial charge in [0.1, 0.15) is 33.5 Å². The third-order valence-electron chi connectivity index (χ3n) is 6.95. The Labute approximate surface area is 231 Å². The van der Waals surface area contributed by atoms with E-state index >= 15 is 0 Å². The molecule has 0 N–H and O–H groups in total. The topological polar surface area (TPSA) is 137 Å². The maximum absolute atomic E-state index is 14.4. The van der Waals surface area contributed by atoms with Gasteiger partial charge >= 0.3 is 5.69 Å². The van der Waals surface area contributed by atoms with Crippen LogP contribution in [0.3, 0.4) is 0 Å². The first-order chi connectivity index (χ1) is 19.3. The molecule has 1 saturated heterocycles. The average Bonchev–Trinajstić information content (AvgIpc) is 3.66. The van der Waals surface area contributed by atoms with Crippen LogP contribution in [0.1, 0.15) is 36.1 Å². The summed E-state index contributed by atoms with van der Waals surface area (Å²) < 4.78 is 28.2. The standard InChI is InChI=1S/C26H26FN7O5S/c1-15-21-23(36)33(18-7-11-31(2)22(18)35)26(37)32(25(21)40-24(15)34-29-9-10-30-34)14-20(39-12-4-8-28)17-13-16(27)5-6-19(17)38-3/h5-6,9-10,13,18,20H,4,7,11-12,14H2,1-3H3/t18-,20-/m0/s1. The maximum atomic E-state index is 14.4. The predicted octanol–water partition coefficient (Wildman–Crippen LogP) is 2.34. The third-order valence-corrected chi connectivity index (χ3v) is 8.23. The predicted molar refractivity (Wildman–Crippen MR) is 143 cm³/mol. The van der Waals surface area contributed by atoms with Crippen LogP contribution >= 0.6 is 11.3 Å². The van der Waals surface area contributed by atoms with Crippen molar-refractivity contribution in [2.45, 2.75) is 38.5 Å². The fourth-order valence-electron chi connectivity index (χ4n) is 4.95. The molecule has 1 fully saturated rings. The van der Waals surface area contributed by atoms with Gasteiger partial charge < -0.3 is 14.4 Å². The normalized spacial score (nSPS) is 16.0. The lowest BCUT2D eigenvalue weighted by molar-refractivity contribution is -0.129. The van der Waals surface area contributed by atoms with Gasteiger partial charge in [0.15, 0.2) is 0 Å². The summed E-state index contributed by atoms with van der Waals surface area (Å²) in [4.78, 5) is 44.1. The van der Waals surface area contributed by atoms with Crippen LogP contribution in [0.15, 0.2) is 40.2 Å². The van der Waals surface area contributed by atoms with Crippen LogP contribution in [0.25, 0.3) is 15.2 Å². The summed E-state index contributed by atoms with van der Waals surface area (Å²) in [6, 6.07) is 4.99. The summed E-state index contributed by atoms with van der Waals surface area (Å²) >= 11 is 1.15. The Morgan fingerprint density at radius 2 is 2.00 bits per heavy atom. The number of hydrogen-bond donors (Lipinski definition) is 0. The molecule has 1 aliphatic heterocycles. The van der Waals surface area contributed by atoms with Crippen molar-refractivity contribution in [2.24, 2.45) is 0 Å². The van der Waals surface area contributed by atoms with Crippen molar-refractivity contribution in [3.05, 3.63) is 68.4 Å². The average molecular weight is 568 g/mol. The van der Waals surface area contributed by atoms with Crippen molar-refractivity contribution in [2.75, 3.05) is 27.3 Å². The number of fused-ring (bicyclic) bond motifs is 1. The number of methoxy groups -OCH3 is 1. The van der Waals surface area contributed by atoms with E-state index < -0.39 is 29.2 Å². The number of aryl methyl sites for hydroxylation is 1. The molecule has 0 unspecified atom stereocenters. The van der Waals surface area contributed by atoms with E-state index in [0.29, 0.717) is 39.7 Å². The molecule has 0 aliphatic carbocycles. The van der Waals surface area contributed by atoms with E-state index in [1.807, 2.05) is 6.07 Å². The molecule has 14 heteroatoms. The molecule has 40 heavy (non-hydrogen) atoms. The molecule has 12 nitrogen and oxygen atoms in total. The zero-order valence-electron chi connectivity index (χ0n) is 22.0. The minimum Gasteiger partial charge on any atom is -0.496 e. The third kappa shape index (κ3) is 4.67. The minimum atomic E-state index is -0.965. The number of benzene rings is 1. The summed E-state index contributed by atoms with van der Waals surface area (Å²) in [6.45, 7) is 2.00. The van der Waals surface area contributed by atoms with Crippen molar-refractivity contribution in [3.63, 3.8) is 0 Å². The number of ether oxygens (including phenoxy) is 2. The fourth-order valence-corrected chi connectivity index (χ4v) is 6.17. The van der Waals surface area contributed by atoms with Gasteiger partial charge in [0, 0.05) is 24.7 Å². The number of thiophene rings is 1. The number of nitrogens with zero attached hydrogens (tertiary/aromatic N) is 7. The van der Waals surface area contributed by atoms with Gasteiger partial charge in [-0.2, -0.15) is 15.5 Å². The molecular formula is C26H26FN7O5S. The van der Waals surface area contributed by atoms with Gasteiger partial charge in [0.2, 0.25) is 5.91 Å². The van der Waals surface area contributed by atoms with Gasteiger partial charge in [-0.25, -0.2) is 13.8 Å². The summed E-state index contributed by atoms with van der Waals surface area (Å²) in [5.41, 5.74) is -0.399. The van der Waals surface area contributed by atoms with E-state index in [-0.39, 0.29) is 30.9 Å². The monoisotopic (exact) mass is 567 g/mol.